The predicted octanol–water partition coefficient (Wildman–Crippen LogP) is 1.56. The Morgan fingerprint density at radius 1 is 1.21 bits per heavy atom. The molecule has 0 bridgehead atoms. The average molecular weight is 402 g/mol. The number of benzene rings is 1. The van der Waals surface area contributed by atoms with Crippen molar-refractivity contribution in [2.45, 2.75) is 37.8 Å². The number of hydrogen-bond donors (Lipinski definition) is 2. The van der Waals surface area contributed by atoms with Crippen molar-refractivity contribution < 1.29 is 24.5 Å². The van der Waals surface area contributed by atoms with Gasteiger partial charge in [0, 0.05) is 32.6 Å². The molecule has 7 heteroatoms. The lowest BCUT2D eigenvalue weighted by Gasteiger charge is -2.27. The van der Waals surface area contributed by atoms with Crippen LogP contribution in [0.4, 0.5) is 0 Å². The molecule has 2 saturated heterocycles. The Labute approximate surface area is 171 Å². The van der Waals surface area contributed by atoms with E-state index in [4.69, 9.17) is 9.84 Å². The van der Waals surface area contributed by atoms with Gasteiger partial charge in [-0.05, 0) is 37.0 Å². The molecule has 2 aliphatic heterocycles. The third kappa shape index (κ3) is 6.39. The highest BCUT2D eigenvalue weighted by Gasteiger charge is 2.28. The van der Waals surface area contributed by atoms with Gasteiger partial charge in [-0.1, -0.05) is 24.3 Å². The number of rotatable bonds is 9. The van der Waals surface area contributed by atoms with Crippen LogP contribution < -0.4 is 0 Å². The fourth-order valence-corrected chi connectivity index (χ4v) is 3.80. The topological polar surface area (TPSA) is 90.3 Å². The van der Waals surface area contributed by atoms with E-state index >= 15 is 0 Å². The van der Waals surface area contributed by atoms with Gasteiger partial charge < -0.3 is 19.8 Å². The SMILES string of the molecule is O=C(O)c1ccc(CCN2C(=O)CCC2C=CC(O)CCN2CCOCC2)cc1. The Morgan fingerprint density at radius 3 is 2.62 bits per heavy atom. The largest absolute Gasteiger partial charge is 0.478 e. The molecule has 1 amide bonds. The zero-order chi connectivity index (χ0) is 20.6. The van der Waals surface area contributed by atoms with E-state index in [1.54, 1.807) is 24.3 Å². The summed E-state index contributed by atoms with van der Waals surface area (Å²) in [4.78, 5) is 27.3. The van der Waals surface area contributed by atoms with Gasteiger partial charge in [0.15, 0.2) is 0 Å². The molecular formula is C22H30N2O5. The van der Waals surface area contributed by atoms with Crippen molar-refractivity contribution in [2.24, 2.45) is 0 Å². The highest BCUT2D eigenvalue weighted by Crippen LogP contribution is 2.21. The standard InChI is InChI=1S/C22H30N2O5/c25-20(10-11-23-13-15-29-16-14-23)7-5-19-6-8-21(26)24(19)12-9-17-1-3-18(4-2-17)22(27)28/h1-5,7,19-20,25H,6,8-16H2,(H,27,28). The summed E-state index contributed by atoms with van der Waals surface area (Å²) in [7, 11) is 0. The molecule has 0 spiro atoms. The Morgan fingerprint density at radius 2 is 1.93 bits per heavy atom. The molecule has 2 unspecified atom stereocenters. The van der Waals surface area contributed by atoms with E-state index in [0.717, 1.165) is 44.8 Å². The highest BCUT2D eigenvalue weighted by molar-refractivity contribution is 5.87. The van der Waals surface area contributed by atoms with Crippen LogP contribution in [0.25, 0.3) is 0 Å². The molecule has 7 nitrogen and oxygen atoms in total. The summed E-state index contributed by atoms with van der Waals surface area (Å²) in [6.07, 6.45) is 5.91. The van der Waals surface area contributed by atoms with Gasteiger partial charge in [-0.15, -0.1) is 0 Å². The zero-order valence-electron chi connectivity index (χ0n) is 16.7. The number of carbonyl (C=O) groups excluding carboxylic acids is 1. The second-order valence-electron chi connectivity index (χ2n) is 7.64. The third-order valence-electron chi connectivity index (χ3n) is 5.62. The van der Waals surface area contributed by atoms with Crippen molar-refractivity contribution in [2.75, 3.05) is 39.4 Å². The molecule has 3 rings (SSSR count). The Bertz CT molecular complexity index is 712. The van der Waals surface area contributed by atoms with Crippen LogP contribution in [0.5, 0.6) is 0 Å². The van der Waals surface area contributed by atoms with Crippen molar-refractivity contribution >= 4 is 11.9 Å². The van der Waals surface area contributed by atoms with Crippen molar-refractivity contribution in [3.05, 3.63) is 47.5 Å². The fourth-order valence-electron chi connectivity index (χ4n) is 3.80. The van der Waals surface area contributed by atoms with Crippen LogP contribution in [0, 0.1) is 0 Å². The quantitative estimate of drug-likeness (QED) is 0.609. The Balaban J connectivity index is 1.47. The number of carboxylic acid groups (broad SMARTS) is 1. The summed E-state index contributed by atoms with van der Waals surface area (Å²) in [6.45, 7) is 4.76. The van der Waals surface area contributed by atoms with Gasteiger partial charge in [0.25, 0.3) is 0 Å². The van der Waals surface area contributed by atoms with Crippen molar-refractivity contribution in [3.8, 4) is 0 Å². The molecule has 0 aromatic heterocycles. The maximum absolute atomic E-state index is 12.3. The molecular weight excluding hydrogens is 372 g/mol. The number of carboxylic acids is 1. The van der Waals surface area contributed by atoms with Gasteiger partial charge in [0.2, 0.25) is 5.91 Å². The molecule has 29 heavy (non-hydrogen) atoms. The van der Waals surface area contributed by atoms with E-state index in [9.17, 15) is 14.7 Å². The number of ether oxygens (including phenoxy) is 1. The number of aromatic carboxylic acids is 1. The van der Waals surface area contributed by atoms with Crippen LogP contribution in [0.2, 0.25) is 0 Å². The normalized spacial score (nSPS) is 21.8. The van der Waals surface area contributed by atoms with Gasteiger partial charge in [0.05, 0.1) is 30.9 Å². The van der Waals surface area contributed by atoms with Gasteiger partial charge in [-0.2, -0.15) is 0 Å². The van der Waals surface area contributed by atoms with Gasteiger partial charge in [0.1, 0.15) is 0 Å². The molecule has 2 atom stereocenters. The van der Waals surface area contributed by atoms with E-state index in [2.05, 4.69) is 4.90 Å². The molecule has 0 saturated carbocycles. The average Bonchev–Trinajstić information content (AvgIpc) is 3.09. The summed E-state index contributed by atoms with van der Waals surface area (Å²) in [5, 5.41) is 19.2. The van der Waals surface area contributed by atoms with Crippen LogP contribution in [0.15, 0.2) is 36.4 Å². The molecule has 0 aliphatic carbocycles. The lowest BCUT2D eigenvalue weighted by Crippen LogP contribution is -2.37. The fraction of sp³-hybridized carbons (Fsp3) is 0.545. The first-order valence-electron chi connectivity index (χ1n) is 10.3. The van der Waals surface area contributed by atoms with Gasteiger partial charge in [-0.25, -0.2) is 4.79 Å². The number of amides is 1. The number of nitrogens with zero attached hydrogens (tertiary/aromatic N) is 2. The number of carbonyl (C=O) groups is 2. The smallest absolute Gasteiger partial charge is 0.335 e. The van der Waals surface area contributed by atoms with Crippen molar-refractivity contribution in [1.29, 1.82) is 0 Å². The first-order chi connectivity index (χ1) is 14.0. The molecule has 2 aliphatic rings. The summed E-state index contributed by atoms with van der Waals surface area (Å²) < 4.78 is 5.33. The summed E-state index contributed by atoms with van der Waals surface area (Å²) in [5.41, 5.74) is 1.26. The molecule has 1 aromatic rings. The van der Waals surface area contributed by atoms with Crippen molar-refractivity contribution in [3.63, 3.8) is 0 Å². The minimum absolute atomic E-state index is 0.0128. The maximum Gasteiger partial charge on any atom is 0.335 e. The lowest BCUT2D eigenvalue weighted by molar-refractivity contribution is -0.128. The molecule has 2 N–H and O–H groups in total. The number of morpholine rings is 1. The van der Waals surface area contributed by atoms with Crippen LogP contribution in [-0.4, -0.2) is 83.4 Å². The van der Waals surface area contributed by atoms with E-state index in [0.29, 0.717) is 25.8 Å². The minimum Gasteiger partial charge on any atom is -0.478 e. The van der Waals surface area contributed by atoms with E-state index in [-0.39, 0.29) is 17.5 Å². The summed E-state index contributed by atoms with van der Waals surface area (Å²) in [6, 6.07) is 6.78. The monoisotopic (exact) mass is 402 g/mol. The first-order valence-corrected chi connectivity index (χ1v) is 10.3. The zero-order valence-corrected chi connectivity index (χ0v) is 16.7. The second kappa shape index (κ2) is 10.5. The second-order valence-corrected chi connectivity index (χ2v) is 7.64. The van der Waals surface area contributed by atoms with E-state index in [1.807, 2.05) is 17.1 Å². The number of aliphatic hydroxyl groups is 1. The third-order valence-corrected chi connectivity index (χ3v) is 5.62. The van der Waals surface area contributed by atoms with Crippen LogP contribution in [0.3, 0.4) is 0 Å². The molecule has 158 valence electrons. The Kier molecular flexibility index (Phi) is 7.80. The van der Waals surface area contributed by atoms with E-state index < -0.39 is 12.1 Å². The number of aliphatic hydroxyl groups excluding tert-OH is 1. The molecule has 2 fully saturated rings. The maximum atomic E-state index is 12.3. The first kappa shape index (κ1) is 21.5. The molecule has 1 aromatic carbocycles. The molecule has 0 radical (unpaired) electrons. The Hall–Kier alpha value is -2.22. The minimum atomic E-state index is -0.941. The molecule has 2 heterocycles. The highest BCUT2D eigenvalue weighted by atomic mass is 16.5. The van der Waals surface area contributed by atoms with E-state index in [1.165, 1.54) is 0 Å². The predicted molar refractivity (Wildman–Crippen MR) is 109 cm³/mol. The summed E-state index contributed by atoms with van der Waals surface area (Å²) in [5.74, 6) is -0.812. The van der Waals surface area contributed by atoms with Crippen LogP contribution in [-0.2, 0) is 16.0 Å². The van der Waals surface area contributed by atoms with Crippen LogP contribution in [0.1, 0.15) is 35.2 Å². The number of likely N-dealkylation sites (tertiary alicyclic amines) is 1. The van der Waals surface area contributed by atoms with Gasteiger partial charge >= 0.3 is 5.97 Å². The van der Waals surface area contributed by atoms with Crippen LogP contribution >= 0.6 is 0 Å². The lowest BCUT2D eigenvalue weighted by atomic mass is 10.1. The summed E-state index contributed by atoms with van der Waals surface area (Å²) >= 11 is 0. The van der Waals surface area contributed by atoms with Gasteiger partial charge in [-0.3, -0.25) is 9.69 Å². The number of hydrogen-bond acceptors (Lipinski definition) is 5. The van der Waals surface area contributed by atoms with Crippen molar-refractivity contribution in [1.82, 2.24) is 9.80 Å².